The first kappa shape index (κ1) is 6.69. The Bertz CT molecular complexity index is 79.8. The van der Waals surface area contributed by atoms with Crippen LogP contribution in [0, 0.1) is 0 Å². The minimum Gasteiger partial charge on any atom is -0.462 e. The van der Waals surface area contributed by atoms with Gasteiger partial charge in [0.15, 0.2) is 0 Å². The zero-order chi connectivity index (χ0) is 5.70. The average Bonchev–Trinajstić information content (AvgIpc) is 1.61. The molecule has 0 aromatic carbocycles. The van der Waals surface area contributed by atoms with Crippen LogP contribution in [0.15, 0.2) is 11.1 Å². The maximum Gasteiger partial charge on any atom is 0.293 e. The molecule has 0 fully saturated rings. The molecule has 0 N–H and O–H groups in total. The molecule has 0 bridgehead atoms. The molecule has 0 unspecified atom stereocenters. The topological polar surface area (TPSA) is 26.3 Å². The quantitative estimate of drug-likeness (QED) is 0.584. The number of hydrogen-bond acceptors (Lipinski definition) is 2. The second-order valence-corrected chi connectivity index (χ2v) is 2.05. The summed E-state index contributed by atoms with van der Waals surface area (Å²) < 4.78 is 4.93. The highest BCUT2D eigenvalue weighted by Gasteiger charge is 1.81. The summed E-state index contributed by atoms with van der Waals surface area (Å²) >= 11 is 3.00. The number of hydrogen-bond donors (Lipinski definition) is 0. The lowest BCUT2D eigenvalue weighted by molar-refractivity contribution is -0.127. The van der Waals surface area contributed by atoms with Gasteiger partial charge in [0.2, 0.25) is 0 Å². The monoisotopic (exact) mass is 164 g/mol. The van der Waals surface area contributed by atoms with Crippen molar-refractivity contribution in [2.24, 2.45) is 0 Å². The largest absolute Gasteiger partial charge is 0.462 e. The lowest BCUT2D eigenvalue weighted by Gasteiger charge is -1.89. The fourth-order valence-corrected chi connectivity index (χ4v) is 0.257. The van der Waals surface area contributed by atoms with Gasteiger partial charge in [0.05, 0.1) is 0 Å². The van der Waals surface area contributed by atoms with Gasteiger partial charge in [-0.05, 0) is 0 Å². The number of carbonyl (C=O) groups excluding carboxylic acids is 1. The van der Waals surface area contributed by atoms with E-state index in [2.05, 4.69) is 27.2 Å². The zero-order valence-corrected chi connectivity index (χ0v) is 5.27. The fraction of sp³-hybridized carbons (Fsp3) is 0.250. The minimum atomic E-state index is 0.253. The Morgan fingerprint density at radius 1 is 2.00 bits per heavy atom. The molecule has 7 heavy (non-hydrogen) atoms. The van der Waals surface area contributed by atoms with Gasteiger partial charge in [0.1, 0.15) is 6.61 Å². The van der Waals surface area contributed by atoms with E-state index >= 15 is 0 Å². The predicted molar refractivity (Wildman–Crippen MR) is 30.1 cm³/mol. The number of rotatable bonds is 3. The van der Waals surface area contributed by atoms with E-state index in [1.54, 1.807) is 0 Å². The van der Waals surface area contributed by atoms with Crippen molar-refractivity contribution in [2.75, 3.05) is 6.61 Å². The van der Waals surface area contributed by atoms with Crippen molar-refractivity contribution in [2.45, 2.75) is 0 Å². The maximum absolute atomic E-state index is 9.43. The summed E-state index contributed by atoms with van der Waals surface area (Å²) in [5, 5.41) is 0. The summed E-state index contributed by atoms with van der Waals surface area (Å²) in [5.74, 6) is 0. The van der Waals surface area contributed by atoms with Gasteiger partial charge in [-0.15, -0.1) is 0 Å². The van der Waals surface area contributed by atoms with Crippen molar-refractivity contribution < 1.29 is 9.53 Å². The van der Waals surface area contributed by atoms with E-state index in [4.69, 9.17) is 0 Å². The van der Waals surface area contributed by atoms with E-state index in [0.29, 0.717) is 11.0 Å². The van der Waals surface area contributed by atoms with Gasteiger partial charge in [0, 0.05) is 4.48 Å². The van der Waals surface area contributed by atoms with Crippen LogP contribution in [0.4, 0.5) is 0 Å². The van der Waals surface area contributed by atoms with Gasteiger partial charge < -0.3 is 4.74 Å². The van der Waals surface area contributed by atoms with Crippen LogP contribution in [-0.4, -0.2) is 13.1 Å². The highest BCUT2D eigenvalue weighted by Crippen LogP contribution is 1.97. The third-order valence-corrected chi connectivity index (χ3v) is 0.537. The standard InChI is InChI=1S/C4H5BrO2/c1-4(5)2-7-3-6/h3H,1-2H2. The molecule has 0 aliphatic rings. The zero-order valence-electron chi connectivity index (χ0n) is 3.69. The molecule has 0 saturated heterocycles. The van der Waals surface area contributed by atoms with Crippen LogP contribution in [0.1, 0.15) is 0 Å². The van der Waals surface area contributed by atoms with E-state index in [0.717, 1.165) is 0 Å². The molecule has 0 aliphatic carbocycles. The first-order valence-corrected chi connectivity index (χ1v) is 2.45. The number of carbonyl (C=O) groups is 1. The predicted octanol–water partition coefficient (Wildman–Crippen LogP) is 1.07. The van der Waals surface area contributed by atoms with Crippen molar-refractivity contribution >= 4 is 22.4 Å². The summed E-state index contributed by atoms with van der Waals surface area (Å²) in [4.78, 5) is 9.43. The molecule has 3 heteroatoms. The van der Waals surface area contributed by atoms with E-state index in [1.165, 1.54) is 0 Å². The lowest BCUT2D eigenvalue weighted by atomic mass is 10.7. The smallest absolute Gasteiger partial charge is 0.293 e. The third kappa shape index (κ3) is 5.69. The highest BCUT2D eigenvalue weighted by molar-refractivity contribution is 9.11. The molecule has 2 nitrogen and oxygen atoms in total. The molecule has 0 spiro atoms. The molecule has 0 atom stereocenters. The summed E-state index contributed by atoms with van der Waals surface area (Å²) in [6, 6.07) is 0. The van der Waals surface area contributed by atoms with Crippen molar-refractivity contribution in [3.05, 3.63) is 11.1 Å². The molecule has 0 aromatic rings. The van der Waals surface area contributed by atoms with E-state index in [9.17, 15) is 4.79 Å². The van der Waals surface area contributed by atoms with E-state index in [-0.39, 0.29) is 6.61 Å². The van der Waals surface area contributed by atoms with Crippen LogP contribution in [0.25, 0.3) is 0 Å². The Morgan fingerprint density at radius 3 is 2.71 bits per heavy atom. The molecule has 0 aromatic heterocycles. The van der Waals surface area contributed by atoms with Gasteiger partial charge in [0.25, 0.3) is 6.47 Å². The van der Waals surface area contributed by atoms with Crippen molar-refractivity contribution in [3.63, 3.8) is 0 Å². The average molecular weight is 165 g/mol. The van der Waals surface area contributed by atoms with Gasteiger partial charge in [-0.25, -0.2) is 0 Å². The SMILES string of the molecule is C=C(Br)COC=O. The summed E-state index contributed by atoms with van der Waals surface area (Å²) in [6.07, 6.45) is 0. The molecule has 0 aliphatic heterocycles. The Labute approximate surface area is 50.3 Å². The van der Waals surface area contributed by atoms with Crippen LogP contribution < -0.4 is 0 Å². The van der Waals surface area contributed by atoms with Crippen LogP contribution >= 0.6 is 15.9 Å². The Morgan fingerprint density at radius 2 is 2.57 bits per heavy atom. The Kier molecular flexibility index (Phi) is 3.69. The van der Waals surface area contributed by atoms with Gasteiger partial charge in [-0.3, -0.25) is 4.79 Å². The molecule has 0 saturated carbocycles. The third-order valence-electron chi connectivity index (χ3n) is 0.308. The van der Waals surface area contributed by atoms with Crippen LogP contribution in [-0.2, 0) is 9.53 Å². The molecular formula is C4H5BrO2. The van der Waals surface area contributed by atoms with Gasteiger partial charge >= 0.3 is 0 Å². The normalized spacial score (nSPS) is 7.57. The van der Waals surface area contributed by atoms with Crippen LogP contribution in [0.2, 0.25) is 0 Å². The van der Waals surface area contributed by atoms with Crippen molar-refractivity contribution in [3.8, 4) is 0 Å². The van der Waals surface area contributed by atoms with Gasteiger partial charge in [-0.2, -0.15) is 0 Å². The molecule has 40 valence electrons. The summed E-state index contributed by atoms with van der Waals surface area (Å²) in [5.41, 5.74) is 0. The molecule has 0 amide bonds. The molecule has 0 rings (SSSR count). The van der Waals surface area contributed by atoms with Gasteiger partial charge in [-0.1, -0.05) is 22.5 Å². The number of halogens is 1. The summed E-state index contributed by atoms with van der Waals surface area (Å²) in [6.45, 7) is 4.06. The lowest BCUT2D eigenvalue weighted by Crippen LogP contribution is -1.87. The summed E-state index contributed by atoms with van der Waals surface area (Å²) in [7, 11) is 0. The fourth-order valence-electron chi connectivity index (χ4n) is 0.124. The molecular weight excluding hydrogens is 160 g/mol. The number of ether oxygens (including phenoxy) is 1. The van der Waals surface area contributed by atoms with Crippen LogP contribution in [0.3, 0.4) is 0 Å². The Balaban J connectivity index is 2.97. The minimum absolute atomic E-state index is 0.253. The highest BCUT2D eigenvalue weighted by atomic mass is 79.9. The second kappa shape index (κ2) is 3.87. The first-order valence-electron chi connectivity index (χ1n) is 1.66. The van der Waals surface area contributed by atoms with Crippen LogP contribution in [0.5, 0.6) is 0 Å². The van der Waals surface area contributed by atoms with E-state index < -0.39 is 0 Å². The second-order valence-electron chi connectivity index (χ2n) is 0.924. The maximum atomic E-state index is 9.43. The first-order chi connectivity index (χ1) is 3.27. The van der Waals surface area contributed by atoms with Crippen molar-refractivity contribution in [1.29, 1.82) is 0 Å². The Hall–Kier alpha value is -0.310. The molecule has 0 heterocycles. The van der Waals surface area contributed by atoms with Crippen molar-refractivity contribution in [1.82, 2.24) is 0 Å². The molecule has 0 radical (unpaired) electrons. The van der Waals surface area contributed by atoms with E-state index in [1.807, 2.05) is 0 Å².